The summed E-state index contributed by atoms with van der Waals surface area (Å²) in [5.41, 5.74) is 0.915. The molecule has 1 fully saturated rings. The molecule has 106 valence electrons. The Bertz CT molecular complexity index is 572. The maximum absolute atomic E-state index is 5.41. The molecule has 6 heteroatoms. The van der Waals surface area contributed by atoms with Crippen molar-refractivity contribution in [2.45, 2.75) is 31.7 Å². The van der Waals surface area contributed by atoms with Gasteiger partial charge in [-0.3, -0.25) is 0 Å². The first-order valence-corrected chi connectivity index (χ1v) is 8.34. The Labute approximate surface area is 134 Å². The Hall–Kier alpha value is -0.720. The number of hydrogen-bond acceptors (Lipinski definition) is 4. The molecule has 3 rings (SSSR count). The van der Waals surface area contributed by atoms with E-state index in [9.17, 15) is 0 Å². The van der Waals surface area contributed by atoms with E-state index in [0.29, 0.717) is 5.89 Å². The van der Waals surface area contributed by atoms with Gasteiger partial charge in [-0.2, -0.15) is 4.98 Å². The molecule has 1 aromatic heterocycles. The van der Waals surface area contributed by atoms with Crippen LogP contribution in [0.25, 0.3) is 11.5 Å². The maximum Gasteiger partial charge on any atom is 0.258 e. The molecule has 1 aromatic carbocycles. The van der Waals surface area contributed by atoms with E-state index in [0.717, 1.165) is 33.3 Å². The second-order valence-corrected chi connectivity index (χ2v) is 6.80. The molecule has 1 unspecified atom stereocenters. The largest absolute Gasteiger partial charge is 0.334 e. The lowest BCUT2D eigenvalue weighted by Gasteiger charge is -2.09. The van der Waals surface area contributed by atoms with Crippen LogP contribution in [0.4, 0.5) is 0 Å². The molecule has 1 aliphatic heterocycles. The van der Waals surface area contributed by atoms with Crippen molar-refractivity contribution in [2.75, 3.05) is 6.54 Å². The quantitative estimate of drug-likeness (QED) is 0.807. The van der Waals surface area contributed by atoms with E-state index in [-0.39, 0.29) is 6.04 Å². The molecule has 0 bridgehead atoms. The highest BCUT2D eigenvalue weighted by Gasteiger charge is 2.20. The molecule has 0 aliphatic carbocycles. The molecule has 0 saturated carbocycles. The first kappa shape index (κ1) is 14.2. The van der Waals surface area contributed by atoms with Crippen molar-refractivity contribution in [3.05, 3.63) is 33.0 Å². The van der Waals surface area contributed by atoms with E-state index in [2.05, 4.69) is 47.3 Å². The lowest BCUT2D eigenvalue weighted by atomic mass is 10.1. The van der Waals surface area contributed by atoms with Crippen molar-refractivity contribution < 1.29 is 4.52 Å². The minimum absolute atomic E-state index is 0.214. The minimum Gasteiger partial charge on any atom is -0.334 e. The van der Waals surface area contributed by atoms with Gasteiger partial charge >= 0.3 is 0 Å². The van der Waals surface area contributed by atoms with Crippen molar-refractivity contribution in [2.24, 2.45) is 0 Å². The Morgan fingerprint density at radius 2 is 1.90 bits per heavy atom. The summed E-state index contributed by atoms with van der Waals surface area (Å²) < 4.78 is 7.37. The van der Waals surface area contributed by atoms with E-state index >= 15 is 0 Å². The standard InChI is InChI=1S/C14H15Br2N3O/c15-10-6-9(7-11(16)8-10)14-18-13(19-20-14)12-4-2-1-3-5-17-12/h6-8,12,17H,1-5H2. The van der Waals surface area contributed by atoms with E-state index in [1.807, 2.05) is 18.2 Å². The van der Waals surface area contributed by atoms with Crippen LogP contribution in [-0.4, -0.2) is 16.7 Å². The van der Waals surface area contributed by atoms with Gasteiger partial charge in [-0.1, -0.05) is 49.9 Å². The van der Waals surface area contributed by atoms with E-state index < -0.39 is 0 Å². The van der Waals surface area contributed by atoms with Crippen molar-refractivity contribution in [1.29, 1.82) is 0 Å². The zero-order valence-corrected chi connectivity index (χ0v) is 14.1. The zero-order valence-electron chi connectivity index (χ0n) is 10.9. The summed E-state index contributed by atoms with van der Waals surface area (Å²) >= 11 is 6.94. The summed E-state index contributed by atoms with van der Waals surface area (Å²) in [6.07, 6.45) is 4.78. The van der Waals surface area contributed by atoms with Crippen molar-refractivity contribution in [3.63, 3.8) is 0 Å². The van der Waals surface area contributed by atoms with E-state index in [4.69, 9.17) is 4.52 Å². The van der Waals surface area contributed by atoms with Crippen molar-refractivity contribution >= 4 is 31.9 Å². The molecule has 1 saturated heterocycles. The Morgan fingerprint density at radius 1 is 1.10 bits per heavy atom. The lowest BCUT2D eigenvalue weighted by molar-refractivity contribution is 0.402. The van der Waals surface area contributed by atoms with Crippen LogP contribution in [0, 0.1) is 0 Å². The summed E-state index contributed by atoms with van der Waals surface area (Å²) in [5.74, 6) is 1.33. The second-order valence-electron chi connectivity index (χ2n) is 4.97. The molecule has 0 amide bonds. The number of aromatic nitrogens is 2. The Balaban J connectivity index is 1.85. The van der Waals surface area contributed by atoms with Crippen LogP contribution in [0.2, 0.25) is 0 Å². The summed E-state index contributed by atoms with van der Waals surface area (Å²) in [4.78, 5) is 4.55. The molecule has 0 spiro atoms. The van der Waals surface area contributed by atoms with Gasteiger partial charge in [0, 0.05) is 14.5 Å². The normalized spacial score (nSPS) is 19.8. The number of hydrogen-bond donors (Lipinski definition) is 1. The molecular weight excluding hydrogens is 386 g/mol. The average molecular weight is 401 g/mol. The summed E-state index contributed by atoms with van der Waals surface area (Å²) in [6.45, 7) is 1.02. The molecule has 4 nitrogen and oxygen atoms in total. The summed E-state index contributed by atoms with van der Waals surface area (Å²) in [5, 5.41) is 7.62. The van der Waals surface area contributed by atoms with Crippen LogP contribution >= 0.6 is 31.9 Å². The van der Waals surface area contributed by atoms with Gasteiger partial charge in [0.05, 0.1) is 6.04 Å². The molecule has 1 N–H and O–H groups in total. The van der Waals surface area contributed by atoms with Crippen molar-refractivity contribution in [1.82, 2.24) is 15.5 Å². The fourth-order valence-corrected chi connectivity index (χ4v) is 3.71. The summed E-state index contributed by atoms with van der Waals surface area (Å²) in [7, 11) is 0. The number of benzene rings is 1. The van der Waals surface area contributed by atoms with Crippen LogP contribution < -0.4 is 5.32 Å². The molecule has 2 aromatic rings. The predicted octanol–water partition coefficient (Wildman–Crippen LogP) is 4.47. The van der Waals surface area contributed by atoms with Gasteiger partial charge in [-0.25, -0.2) is 0 Å². The van der Waals surface area contributed by atoms with Gasteiger partial charge in [0.1, 0.15) is 0 Å². The van der Waals surface area contributed by atoms with Gasteiger partial charge in [0.15, 0.2) is 5.82 Å². The van der Waals surface area contributed by atoms with Crippen LogP contribution in [0.1, 0.15) is 37.5 Å². The van der Waals surface area contributed by atoms with Crippen LogP contribution in [0.15, 0.2) is 31.7 Å². The molecule has 0 radical (unpaired) electrons. The SMILES string of the molecule is Brc1cc(Br)cc(-c2nc(C3CCCCCN3)no2)c1. The topological polar surface area (TPSA) is 51.0 Å². The first-order chi connectivity index (χ1) is 9.72. The molecule has 1 atom stereocenters. The molecular formula is C14H15Br2N3O. The molecule has 1 aliphatic rings. The first-order valence-electron chi connectivity index (χ1n) is 6.76. The number of nitrogens with zero attached hydrogens (tertiary/aromatic N) is 2. The highest BCUT2D eigenvalue weighted by molar-refractivity contribution is 9.11. The monoisotopic (exact) mass is 399 g/mol. The van der Waals surface area contributed by atoms with Gasteiger partial charge in [0.2, 0.25) is 0 Å². The van der Waals surface area contributed by atoms with E-state index in [1.165, 1.54) is 19.3 Å². The fraction of sp³-hybridized carbons (Fsp3) is 0.429. The number of rotatable bonds is 2. The smallest absolute Gasteiger partial charge is 0.258 e. The third kappa shape index (κ3) is 3.30. The number of halogens is 2. The third-order valence-corrected chi connectivity index (χ3v) is 4.34. The van der Waals surface area contributed by atoms with Gasteiger partial charge in [-0.15, -0.1) is 0 Å². The zero-order chi connectivity index (χ0) is 13.9. The minimum atomic E-state index is 0.214. The predicted molar refractivity (Wildman–Crippen MR) is 84.3 cm³/mol. The van der Waals surface area contributed by atoms with Crippen LogP contribution in [0.5, 0.6) is 0 Å². The fourth-order valence-electron chi connectivity index (χ4n) is 2.42. The molecule has 20 heavy (non-hydrogen) atoms. The highest BCUT2D eigenvalue weighted by atomic mass is 79.9. The third-order valence-electron chi connectivity index (χ3n) is 3.42. The number of nitrogens with one attached hydrogen (secondary N) is 1. The summed E-state index contributed by atoms with van der Waals surface area (Å²) in [6, 6.07) is 6.14. The Morgan fingerprint density at radius 3 is 2.70 bits per heavy atom. The van der Waals surface area contributed by atoms with E-state index in [1.54, 1.807) is 0 Å². The average Bonchev–Trinajstić information content (AvgIpc) is 2.74. The Kier molecular flexibility index (Phi) is 4.53. The van der Waals surface area contributed by atoms with Crippen molar-refractivity contribution in [3.8, 4) is 11.5 Å². The molecule has 2 heterocycles. The van der Waals surface area contributed by atoms with Crippen LogP contribution in [-0.2, 0) is 0 Å². The maximum atomic E-state index is 5.41. The van der Waals surface area contributed by atoms with Gasteiger partial charge in [0.25, 0.3) is 5.89 Å². The van der Waals surface area contributed by atoms with Crippen LogP contribution in [0.3, 0.4) is 0 Å². The highest BCUT2D eigenvalue weighted by Crippen LogP contribution is 2.28. The van der Waals surface area contributed by atoms with Gasteiger partial charge in [-0.05, 0) is 37.6 Å². The van der Waals surface area contributed by atoms with Gasteiger partial charge < -0.3 is 9.84 Å². The second kappa shape index (κ2) is 6.37. The lowest BCUT2D eigenvalue weighted by Crippen LogP contribution is -2.21.